The molecule has 1 unspecified atom stereocenters. The second kappa shape index (κ2) is 6.65. The van der Waals surface area contributed by atoms with Crippen molar-refractivity contribution in [1.29, 1.82) is 0 Å². The van der Waals surface area contributed by atoms with Crippen LogP contribution < -0.4 is 19.5 Å². The lowest BCUT2D eigenvalue weighted by atomic mass is 10.00. The normalized spacial score (nSPS) is 18.6. The van der Waals surface area contributed by atoms with E-state index in [0.29, 0.717) is 31.3 Å². The summed E-state index contributed by atoms with van der Waals surface area (Å²) >= 11 is 0. The molecule has 1 N–H and O–H groups in total. The van der Waals surface area contributed by atoms with Crippen molar-refractivity contribution in [2.24, 2.45) is 5.92 Å². The van der Waals surface area contributed by atoms with Crippen LogP contribution in [-0.2, 0) is 4.79 Å². The van der Waals surface area contributed by atoms with Crippen LogP contribution in [0.1, 0.15) is 30.0 Å². The monoisotopic (exact) mass is 363 g/mol. The second-order valence-electron chi connectivity index (χ2n) is 7.19. The van der Waals surface area contributed by atoms with Crippen LogP contribution in [0.25, 0.3) is 6.08 Å². The van der Waals surface area contributed by atoms with E-state index in [-0.39, 0.29) is 11.9 Å². The molecule has 1 saturated carbocycles. The molecule has 3 aliphatic rings. The first-order valence-corrected chi connectivity index (χ1v) is 9.41. The molecule has 0 bridgehead atoms. The summed E-state index contributed by atoms with van der Waals surface area (Å²) in [6, 6.07) is 13.7. The second-order valence-corrected chi connectivity index (χ2v) is 7.19. The minimum atomic E-state index is -0.0729. The zero-order valence-corrected chi connectivity index (χ0v) is 14.9. The summed E-state index contributed by atoms with van der Waals surface area (Å²) in [5, 5.41) is 3.22. The first-order valence-electron chi connectivity index (χ1n) is 9.41. The van der Waals surface area contributed by atoms with Gasteiger partial charge in [0.15, 0.2) is 11.5 Å². The molecule has 0 saturated heterocycles. The van der Waals surface area contributed by atoms with Crippen molar-refractivity contribution in [2.75, 3.05) is 19.8 Å². The summed E-state index contributed by atoms with van der Waals surface area (Å²) in [5.41, 5.74) is 2.65. The Morgan fingerprint density at radius 1 is 0.963 bits per heavy atom. The molecule has 1 amide bonds. The van der Waals surface area contributed by atoms with Gasteiger partial charge in [-0.15, -0.1) is 0 Å². The van der Waals surface area contributed by atoms with Gasteiger partial charge < -0.3 is 19.5 Å². The van der Waals surface area contributed by atoms with Crippen molar-refractivity contribution in [3.63, 3.8) is 0 Å². The molecule has 5 heteroatoms. The zero-order valence-electron chi connectivity index (χ0n) is 14.9. The van der Waals surface area contributed by atoms with Crippen LogP contribution in [0.4, 0.5) is 0 Å². The predicted molar refractivity (Wildman–Crippen MR) is 101 cm³/mol. The summed E-state index contributed by atoms with van der Waals surface area (Å²) in [6.45, 7) is 1.42. The Morgan fingerprint density at radius 3 is 2.63 bits per heavy atom. The van der Waals surface area contributed by atoms with Crippen molar-refractivity contribution in [3.8, 4) is 17.2 Å². The third kappa shape index (κ3) is 3.25. The predicted octanol–water partition coefficient (Wildman–Crippen LogP) is 3.50. The third-order valence-electron chi connectivity index (χ3n) is 5.23. The molecule has 1 fully saturated rings. The first-order chi connectivity index (χ1) is 13.3. The van der Waals surface area contributed by atoms with Crippen molar-refractivity contribution >= 4 is 12.0 Å². The Labute approximate surface area is 157 Å². The van der Waals surface area contributed by atoms with E-state index in [9.17, 15) is 4.79 Å². The molecule has 138 valence electrons. The summed E-state index contributed by atoms with van der Waals surface area (Å²) in [7, 11) is 0. The fraction of sp³-hybridized carbons (Fsp3) is 0.318. The van der Waals surface area contributed by atoms with Crippen molar-refractivity contribution in [3.05, 3.63) is 59.2 Å². The number of carbonyl (C=O) groups excluding carboxylic acids is 1. The van der Waals surface area contributed by atoms with Gasteiger partial charge in [0.2, 0.25) is 0 Å². The van der Waals surface area contributed by atoms with Crippen molar-refractivity contribution in [1.82, 2.24) is 5.32 Å². The maximum absolute atomic E-state index is 12.9. The molecule has 27 heavy (non-hydrogen) atoms. The first kappa shape index (κ1) is 16.2. The van der Waals surface area contributed by atoms with E-state index in [2.05, 4.69) is 5.32 Å². The van der Waals surface area contributed by atoms with Crippen LogP contribution in [0.15, 0.2) is 48.0 Å². The number of ether oxygens (including phenoxy) is 3. The fourth-order valence-electron chi connectivity index (χ4n) is 3.64. The van der Waals surface area contributed by atoms with Gasteiger partial charge in [-0.05, 0) is 48.6 Å². The lowest BCUT2D eigenvalue weighted by Crippen LogP contribution is -2.33. The topological polar surface area (TPSA) is 56.8 Å². The smallest absolute Gasteiger partial charge is 0.251 e. The lowest BCUT2D eigenvalue weighted by Gasteiger charge is -2.24. The maximum atomic E-state index is 12.9. The number of para-hydroxylation sites is 1. The van der Waals surface area contributed by atoms with Crippen LogP contribution in [0.2, 0.25) is 0 Å². The summed E-state index contributed by atoms with van der Waals surface area (Å²) in [6.07, 6.45) is 4.16. The highest BCUT2D eigenvalue weighted by atomic mass is 16.6. The van der Waals surface area contributed by atoms with Gasteiger partial charge in [-0.2, -0.15) is 0 Å². The maximum Gasteiger partial charge on any atom is 0.251 e. The molecule has 1 atom stereocenters. The summed E-state index contributed by atoms with van der Waals surface area (Å²) < 4.78 is 17.0. The number of hydrogen-bond acceptors (Lipinski definition) is 4. The molecule has 0 radical (unpaired) electrons. The van der Waals surface area contributed by atoms with E-state index in [1.807, 2.05) is 48.5 Å². The quantitative estimate of drug-likeness (QED) is 0.903. The number of benzene rings is 2. The fourth-order valence-corrected chi connectivity index (χ4v) is 3.64. The highest BCUT2D eigenvalue weighted by Crippen LogP contribution is 2.43. The Bertz CT molecular complexity index is 916. The number of nitrogens with one attached hydrogen (secondary N) is 1. The number of hydrogen-bond donors (Lipinski definition) is 1. The van der Waals surface area contributed by atoms with Gasteiger partial charge in [0.1, 0.15) is 25.6 Å². The lowest BCUT2D eigenvalue weighted by molar-refractivity contribution is -0.118. The Hall–Kier alpha value is -2.95. The zero-order chi connectivity index (χ0) is 18.2. The van der Waals surface area contributed by atoms with Gasteiger partial charge in [-0.3, -0.25) is 4.79 Å². The van der Waals surface area contributed by atoms with Gasteiger partial charge >= 0.3 is 0 Å². The highest BCUT2D eigenvalue weighted by Gasteiger charge is 2.35. The standard InChI is InChI=1S/C22H21NO4/c24-22(17-11-15-3-1-2-4-18(15)27-13-17)23-21(14-5-6-14)16-7-8-19-20(12-16)26-10-9-25-19/h1-4,7-8,11-12,14,21H,5-6,9-10,13H2,(H,23,24). The molecule has 2 aliphatic heterocycles. The van der Waals surface area contributed by atoms with E-state index in [4.69, 9.17) is 14.2 Å². The molecule has 0 spiro atoms. The average molecular weight is 363 g/mol. The minimum absolute atomic E-state index is 0.0219. The van der Waals surface area contributed by atoms with Gasteiger partial charge in [-0.1, -0.05) is 24.3 Å². The Kier molecular flexibility index (Phi) is 4.00. The molecule has 1 aliphatic carbocycles. The van der Waals surface area contributed by atoms with Gasteiger partial charge in [0.05, 0.1) is 11.6 Å². The molecule has 2 aromatic rings. The van der Waals surface area contributed by atoms with Crippen LogP contribution in [0.3, 0.4) is 0 Å². The molecule has 0 aromatic heterocycles. The molecular weight excluding hydrogens is 342 g/mol. The van der Waals surface area contributed by atoms with Gasteiger partial charge in [0, 0.05) is 5.56 Å². The Morgan fingerprint density at radius 2 is 1.78 bits per heavy atom. The largest absolute Gasteiger partial charge is 0.488 e. The summed E-state index contributed by atoms with van der Waals surface area (Å²) in [5.74, 6) is 2.74. The van der Waals surface area contributed by atoms with Crippen molar-refractivity contribution < 1.29 is 19.0 Å². The van der Waals surface area contributed by atoms with E-state index in [1.165, 1.54) is 0 Å². The Balaban J connectivity index is 1.38. The molecule has 2 heterocycles. The molecule has 5 rings (SSSR count). The van der Waals surface area contributed by atoms with E-state index in [1.54, 1.807) is 0 Å². The number of carbonyl (C=O) groups is 1. The van der Waals surface area contributed by atoms with Gasteiger partial charge in [0.25, 0.3) is 5.91 Å². The summed E-state index contributed by atoms with van der Waals surface area (Å²) in [4.78, 5) is 12.9. The SMILES string of the molecule is O=C(NC(c1ccc2c(c1)OCCO2)C1CC1)C1=Cc2ccccc2OC1. The van der Waals surface area contributed by atoms with Crippen LogP contribution >= 0.6 is 0 Å². The van der Waals surface area contributed by atoms with E-state index in [0.717, 1.165) is 41.2 Å². The third-order valence-corrected chi connectivity index (χ3v) is 5.23. The molecular formula is C22H21NO4. The minimum Gasteiger partial charge on any atom is -0.488 e. The van der Waals surface area contributed by atoms with E-state index < -0.39 is 0 Å². The highest BCUT2D eigenvalue weighted by molar-refractivity contribution is 5.99. The number of fused-ring (bicyclic) bond motifs is 2. The van der Waals surface area contributed by atoms with Crippen molar-refractivity contribution in [2.45, 2.75) is 18.9 Å². The van der Waals surface area contributed by atoms with Crippen LogP contribution in [-0.4, -0.2) is 25.7 Å². The molecule has 5 nitrogen and oxygen atoms in total. The number of rotatable bonds is 4. The van der Waals surface area contributed by atoms with Gasteiger partial charge in [-0.25, -0.2) is 0 Å². The average Bonchev–Trinajstić information content (AvgIpc) is 3.56. The van der Waals surface area contributed by atoms with E-state index >= 15 is 0 Å². The molecule has 2 aromatic carbocycles. The number of amides is 1. The van der Waals surface area contributed by atoms with Crippen LogP contribution in [0, 0.1) is 5.92 Å². The van der Waals surface area contributed by atoms with Crippen LogP contribution in [0.5, 0.6) is 17.2 Å².